The first-order valence-electron chi connectivity index (χ1n) is 8.91. The van der Waals surface area contributed by atoms with Crippen molar-refractivity contribution in [1.82, 2.24) is 14.7 Å². The molecular formula is C19H24FN3O2. The fourth-order valence-corrected chi connectivity index (χ4v) is 3.83. The molecule has 0 unspecified atom stereocenters. The first-order chi connectivity index (χ1) is 12.2. The lowest BCUT2D eigenvalue weighted by Gasteiger charge is -2.32. The van der Waals surface area contributed by atoms with Gasteiger partial charge in [0.25, 0.3) is 0 Å². The van der Waals surface area contributed by atoms with E-state index in [1.165, 1.54) is 12.1 Å². The number of hydrogen-bond donors (Lipinski definition) is 0. The maximum Gasteiger partial charge on any atom is 0.123 e. The van der Waals surface area contributed by atoms with E-state index in [4.69, 9.17) is 9.47 Å². The molecule has 4 rings (SSSR count). The van der Waals surface area contributed by atoms with E-state index in [1.807, 2.05) is 29.1 Å². The van der Waals surface area contributed by atoms with Crippen molar-refractivity contribution in [3.05, 3.63) is 54.1 Å². The minimum atomic E-state index is -0.242. The van der Waals surface area contributed by atoms with E-state index in [1.54, 1.807) is 6.20 Å². The topological polar surface area (TPSA) is 39.5 Å². The molecule has 5 nitrogen and oxygen atoms in total. The molecule has 0 saturated carbocycles. The van der Waals surface area contributed by atoms with Crippen molar-refractivity contribution in [2.75, 3.05) is 26.3 Å². The second-order valence-corrected chi connectivity index (χ2v) is 7.08. The van der Waals surface area contributed by atoms with Crippen LogP contribution in [0.4, 0.5) is 4.39 Å². The standard InChI is InChI=1S/C19H24FN3O2/c20-17-4-2-16(3-5-17)12-22-10-11-24-15-19(14-22)7-6-18(25-19)13-23-9-1-8-21-23/h1-5,8-9,18H,6-7,10-15H2/t18-,19+/m1/s1. The second kappa shape index (κ2) is 7.23. The number of rotatable bonds is 4. The van der Waals surface area contributed by atoms with Crippen LogP contribution in [-0.2, 0) is 22.6 Å². The van der Waals surface area contributed by atoms with E-state index >= 15 is 0 Å². The lowest BCUT2D eigenvalue weighted by atomic mass is 10.00. The average molecular weight is 345 g/mol. The van der Waals surface area contributed by atoms with Crippen LogP contribution in [-0.4, -0.2) is 52.7 Å². The summed E-state index contributed by atoms with van der Waals surface area (Å²) in [6.45, 7) is 4.64. The van der Waals surface area contributed by atoms with E-state index < -0.39 is 0 Å². The summed E-state index contributed by atoms with van der Waals surface area (Å²) in [7, 11) is 0. The van der Waals surface area contributed by atoms with Crippen LogP contribution in [0.25, 0.3) is 0 Å². The molecule has 2 aliphatic rings. The molecule has 2 fully saturated rings. The zero-order chi connectivity index (χ0) is 17.1. The molecule has 25 heavy (non-hydrogen) atoms. The van der Waals surface area contributed by atoms with Crippen molar-refractivity contribution < 1.29 is 13.9 Å². The van der Waals surface area contributed by atoms with Crippen molar-refractivity contribution in [3.8, 4) is 0 Å². The molecule has 1 spiro atoms. The number of aromatic nitrogens is 2. The van der Waals surface area contributed by atoms with Crippen molar-refractivity contribution in [1.29, 1.82) is 0 Å². The van der Waals surface area contributed by atoms with Gasteiger partial charge in [0, 0.05) is 32.0 Å². The Bertz CT molecular complexity index is 676. The molecule has 0 bridgehead atoms. The molecule has 2 aromatic rings. The maximum absolute atomic E-state index is 13.1. The Morgan fingerprint density at radius 3 is 2.96 bits per heavy atom. The summed E-state index contributed by atoms with van der Waals surface area (Å²) in [5, 5.41) is 4.27. The van der Waals surface area contributed by atoms with E-state index in [0.29, 0.717) is 13.2 Å². The van der Waals surface area contributed by atoms with Gasteiger partial charge in [-0.3, -0.25) is 9.58 Å². The van der Waals surface area contributed by atoms with Gasteiger partial charge in [0.05, 0.1) is 25.9 Å². The first kappa shape index (κ1) is 16.7. The van der Waals surface area contributed by atoms with Gasteiger partial charge in [-0.2, -0.15) is 5.10 Å². The molecule has 2 atom stereocenters. The highest BCUT2D eigenvalue weighted by Gasteiger charge is 2.43. The summed E-state index contributed by atoms with van der Waals surface area (Å²) in [4.78, 5) is 2.36. The van der Waals surface area contributed by atoms with Gasteiger partial charge in [-0.15, -0.1) is 0 Å². The lowest BCUT2D eigenvalue weighted by Crippen LogP contribution is -2.44. The molecule has 2 aliphatic heterocycles. The highest BCUT2D eigenvalue weighted by atomic mass is 19.1. The molecule has 1 aromatic carbocycles. The summed E-state index contributed by atoms with van der Waals surface area (Å²) >= 11 is 0. The minimum Gasteiger partial charge on any atom is -0.377 e. The van der Waals surface area contributed by atoms with Crippen LogP contribution in [0, 0.1) is 5.82 Å². The van der Waals surface area contributed by atoms with Gasteiger partial charge in [0.15, 0.2) is 0 Å². The van der Waals surface area contributed by atoms with Crippen molar-refractivity contribution in [3.63, 3.8) is 0 Å². The van der Waals surface area contributed by atoms with Crippen LogP contribution in [0.1, 0.15) is 18.4 Å². The van der Waals surface area contributed by atoms with Crippen LogP contribution in [0.3, 0.4) is 0 Å². The zero-order valence-electron chi connectivity index (χ0n) is 14.3. The number of benzene rings is 1. The van der Waals surface area contributed by atoms with Crippen molar-refractivity contribution in [2.24, 2.45) is 0 Å². The zero-order valence-corrected chi connectivity index (χ0v) is 14.3. The normalized spacial score (nSPS) is 27.6. The Labute approximate surface area is 147 Å². The Morgan fingerprint density at radius 2 is 2.16 bits per heavy atom. The van der Waals surface area contributed by atoms with Crippen molar-refractivity contribution >= 4 is 0 Å². The highest BCUT2D eigenvalue weighted by molar-refractivity contribution is 5.16. The summed E-state index contributed by atoms with van der Waals surface area (Å²) in [5.74, 6) is -0.194. The Morgan fingerprint density at radius 1 is 1.28 bits per heavy atom. The smallest absolute Gasteiger partial charge is 0.123 e. The summed E-state index contributed by atoms with van der Waals surface area (Å²) in [6, 6.07) is 8.68. The number of halogens is 1. The van der Waals surface area contributed by atoms with Gasteiger partial charge in [0.2, 0.25) is 0 Å². The lowest BCUT2D eigenvalue weighted by molar-refractivity contribution is -0.0904. The fraction of sp³-hybridized carbons (Fsp3) is 0.526. The molecule has 0 radical (unpaired) electrons. The Kier molecular flexibility index (Phi) is 4.83. The number of ether oxygens (including phenoxy) is 2. The second-order valence-electron chi connectivity index (χ2n) is 7.08. The quantitative estimate of drug-likeness (QED) is 0.853. The minimum absolute atomic E-state index is 0.175. The van der Waals surface area contributed by atoms with E-state index in [-0.39, 0.29) is 17.5 Å². The third-order valence-electron chi connectivity index (χ3n) is 5.04. The summed E-state index contributed by atoms with van der Waals surface area (Å²) < 4.78 is 27.3. The maximum atomic E-state index is 13.1. The van der Waals surface area contributed by atoms with Crippen LogP contribution < -0.4 is 0 Å². The SMILES string of the molecule is Fc1ccc(CN2CCOC[C@]3(CC[C@H](Cn4cccn4)O3)C2)cc1. The van der Waals surface area contributed by atoms with E-state index in [0.717, 1.165) is 44.6 Å². The van der Waals surface area contributed by atoms with Gasteiger partial charge in [0.1, 0.15) is 11.4 Å². The third-order valence-corrected chi connectivity index (χ3v) is 5.04. The first-order valence-corrected chi connectivity index (χ1v) is 8.91. The van der Waals surface area contributed by atoms with Crippen molar-refractivity contribution in [2.45, 2.75) is 37.6 Å². The van der Waals surface area contributed by atoms with Crippen LogP contribution >= 0.6 is 0 Å². The molecular weight excluding hydrogens is 321 g/mol. The van der Waals surface area contributed by atoms with E-state index in [9.17, 15) is 4.39 Å². The number of nitrogens with zero attached hydrogens (tertiary/aromatic N) is 3. The predicted molar refractivity (Wildman–Crippen MR) is 91.6 cm³/mol. The predicted octanol–water partition coefficient (Wildman–Crippen LogP) is 2.47. The molecule has 134 valence electrons. The highest BCUT2D eigenvalue weighted by Crippen LogP contribution is 2.34. The van der Waals surface area contributed by atoms with Gasteiger partial charge in [-0.1, -0.05) is 12.1 Å². The molecule has 3 heterocycles. The average Bonchev–Trinajstić information content (AvgIpc) is 3.20. The summed E-state index contributed by atoms with van der Waals surface area (Å²) in [5.41, 5.74) is 0.874. The van der Waals surface area contributed by atoms with E-state index in [2.05, 4.69) is 10.00 Å². The molecule has 0 amide bonds. The van der Waals surface area contributed by atoms with Crippen LogP contribution in [0.15, 0.2) is 42.7 Å². The third kappa shape index (κ3) is 4.08. The Hall–Kier alpha value is -1.76. The molecule has 0 aliphatic carbocycles. The molecule has 0 N–H and O–H groups in total. The van der Waals surface area contributed by atoms with Crippen LogP contribution in [0.5, 0.6) is 0 Å². The fourth-order valence-electron chi connectivity index (χ4n) is 3.83. The summed E-state index contributed by atoms with van der Waals surface area (Å²) in [6.07, 6.45) is 5.96. The van der Waals surface area contributed by atoms with Gasteiger partial charge < -0.3 is 9.47 Å². The molecule has 6 heteroatoms. The van der Waals surface area contributed by atoms with Gasteiger partial charge >= 0.3 is 0 Å². The monoisotopic (exact) mass is 345 g/mol. The largest absolute Gasteiger partial charge is 0.377 e. The molecule has 1 aromatic heterocycles. The Balaban J connectivity index is 1.40. The van der Waals surface area contributed by atoms with Crippen LogP contribution in [0.2, 0.25) is 0 Å². The van der Waals surface area contributed by atoms with Gasteiger partial charge in [-0.25, -0.2) is 4.39 Å². The number of hydrogen-bond acceptors (Lipinski definition) is 4. The molecule has 2 saturated heterocycles. The van der Waals surface area contributed by atoms with Gasteiger partial charge in [-0.05, 0) is 36.6 Å².